The second-order valence-electron chi connectivity index (χ2n) is 7.82. The van der Waals surface area contributed by atoms with Crippen LogP contribution in [0.3, 0.4) is 0 Å². The molecule has 0 N–H and O–H groups in total. The van der Waals surface area contributed by atoms with Crippen LogP contribution in [0.15, 0.2) is 54.4 Å². The lowest BCUT2D eigenvalue weighted by Gasteiger charge is -2.28. The lowest BCUT2D eigenvalue weighted by molar-refractivity contribution is -0.0882. The molecular formula is C23H31BF3NO3. The van der Waals surface area contributed by atoms with E-state index in [0.717, 1.165) is 37.3 Å². The summed E-state index contributed by atoms with van der Waals surface area (Å²) >= 11 is 0. The monoisotopic (exact) mass is 437 g/mol. The number of unbranched alkanes of at least 4 members (excludes halogenated alkanes) is 2. The van der Waals surface area contributed by atoms with Gasteiger partial charge >= 0.3 is 19.2 Å². The van der Waals surface area contributed by atoms with E-state index in [9.17, 15) is 18.0 Å². The number of allylic oxidation sites excluding steroid dienone is 2. The number of hydrogen-bond donors (Lipinski definition) is 0. The average molecular weight is 437 g/mol. The summed E-state index contributed by atoms with van der Waals surface area (Å²) in [6.45, 7) is 7.04. The molecule has 170 valence electrons. The van der Waals surface area contributed by atoms with Gasteiger partial charge in [-0.15, -0.1) is 0 Å². The highest BCUT2D eigenvalue weighted by Gasteiger charge is 2.39. The maximum absolute atomic E-state index is 13.2. The highest BCUT2D eigenvalue weighted by atomic mass is 19.4. The van der Waals surface area contributed by atoms with Gasteiger partial charge in [-0.3, -0.25) is 0 Å². The molecule has 0 bridgehead atoms. The van der Waals surface area contributed by atoms with Gasteiger partial charge in [0.2, 0.25) is 0 Å². The number of cyclic esters (lactones) is 1. The van der Waals surface area contributed by atoms with Crippen molar-refractivity contribution >= 4 is 13.0 Å². The van der Waals surface area contributed by atoms with Gasteiger partial charge < -0.3 is 9.39 Å². The summed E-state index contributed by atoms with van der Waals surface area (Å²) in [6, 6.07) is 8.99. The van der Waals surface area contributed by atoms with E-state index in [1.165, 1.54) is 4.90 Å². The van der Waals surface area contributed by atoms with Crippen LogP contribution in [0.1, 0.15) is 45.1 Å². The Bertz CT molecular complexity index is 744. The highest BCUT2D eigenvalue weighted by molar-refractivity contribution is 6.52. The molecule has 8 heteroatoms. The molecule has 0 spiro atoms. The maximum atomic E-state index is 13.2. The van der Waals surface area contributed by atoms with Crippen LogP contribution in [-0.4, -0.2) is 36.7 Å². The Balaban J connectivity index is 2.33. The normalized spacial score (nSPS) is 16.9. The van der Waals surface area contributed by atoms with E-state index >= 15 is 0 Å². The van der Waals surface area contributed by atoms with Crippen LogP contribution < -0.4 is 0 Å². The van der Waals surface area contributed by atoms with Crippen molar-refractivity contribution in [2.45, 2.75) is 70.8 Å². The number of halogens is 3. The fourth-order valence-corrected chi connectivity index (χ4v) is 3.45. The summed E-state index contributed by atoms with van der Waals surface area (Å²) in [4.78, 5) is 13.7. The molecule has 2 rings (SSSR count). The van der Waals surface area contributed by atoms with Gasteiger partial charge in [0.15, 0.2) is 5.88 Å². The lowest BCUT2D eigenvalue weighted by Crippen LogP contribution is -2.37. The van der Waals surface area contributed by atoms with Crippen LogP contribution in [0.2, 0.25) is 12.6 Å². The minimum absolute atomic E-state index is 0.0848. The van der Waals surface area contributed by atoms with Gasteiger partial charge in [0, 0.05) is 6.08 Å². The number of carbonyl (C=O) groups is 1. The van der Waals surface area contributed by atoms with Gasteiger partial charge in [0.05, 0.1) is 11.6 Å². The first-order valence-corrected chi connectivity index (χ1v) is 10.9. The van der Waals surface area contributed by atoms with E-state index in [4.69, 9.17) is 9.39 Å². The molecule has 0 aliphatic carbocycles. The van der Waals surface area contributed by atoms with Gasteiger partial charge in [-0.25, -0.2) is 9.69 Å². The summed E-state index contributed by atoms with van der Waals surface area (Å²) < 4.78 is 51.0. The lowest BCUT2D eigenvalue weighted by atomic mass is 9.59. The number of ether oxygens (including phenoxy) is 1. The molecular weight excluding hydrogens is 406 g/mol. The second-order valence-corrected chi connectivity index (χ2v) is 7.82. The largest absolute Gasteiger partial charge is 0.549 e. The second kappa shape index (κ2) is 11.9. The molecule has 0 saturated carbocycles. The standard InChI is InChI=1S/C23H31BF3NO3/c1-4-6-13-24(14-7-5-2)31-21(15-18(3)23(25,26)27)28-20(17-30-22(28)29)16-19-11-9-8-10-12-19/h8-12,15,20H,3-7,13-14,16-17H2,1-2H3/b21-15-/t20-/m0/s1. The van der Waals surface area contributed by atoms with Crippen molar-refractivity contribution in [1.29, 1.82) is 0 Å². The number of alkyl halides is 3. The summed E-state index contributed by atoms with van der Waals surface area (Å²) in [5.74, 6) is -0.136. The summed E-state index contributed by atoms with van der Waals surface area (Å²) in [5, 5.41) is 0. The van der Waals surface area contributed by atoms with E-state index in [0.29, 0.717) is 19.1 Å². The van der Waals surface area contributed by atoms with Crippen molar-refractivity contribution < 1.29 is 27.4 Å². The van der Waals surface area contributed by atoms with Crippen molar-refractivity contribution in [2.75, 3.05) is 6.61 Å². The number of amides is 1. The molecule has 4 nitrogen and oxygen atoms in total. The third-order valence-electron chi connectivity index (χ3n) is 5.22. The van der Waals surface area contributed by atoms with Gasteiger partial charge in [0.1, 0.15) is 6.61 Å². The molecule has 1 atom stereocenters. The van der Waals surface area contributed by atoms with Gasteiger partial charge in [-0.1, -0.05) is 76.4 Å². The Morgan fingerprint density at radius 1 is 1.23 bits per heavy atom. The maximum Gasteiger partial charge on any atom is 0.417 e. The first kappa shape index (κ1) is 24.9. The Hall–Kier alpha value is -2.38. The van der Waals surface area contributed by atoms with E-state index in [1.54, 1.807) is 0 Å². The Labute approximate surface area is 183 Å². The van der Waals surface area contributed by atoms with Crippen molar-refractivity contribution in [3.8, 4) is 0 Å². The fraction of sp³-hybridized carbons (Fsp3) is 0.522. The first-order chi connectivity index (χ1) is 14.8. The molecule has 1 amide bonds. The van der Waals surface area contributed by atoms with Crippen molar-refractivity contribution in [2.24, 2.45) is 0 Å². The summed E-state index contributed by atoms with van der Waals surface area (Å²) in [7, 11) is 0. The van der Waals surface area contributed by atoms with Crippen LogP contribution in [0, 0.1) is 0 Å². The van der Waals surface area contributed by atoms with Crippen LogP contribution in [-0.2, 0) is 15.8 Å². The Kier molecular flexibility index (Phi) is 9.53. The zero-order chi connectivity index (χ0) is 22.9. The summed E-state index contributed by atoms with van der Waals surface area (Å²) in [6.07, 6.45) is 1.04. The van der Waals surface area contributed by atoms with Gasteiger partial charge in [-0.2, -0.15) is 13.2 Å². The first-order valence-electron chi connectivity index (χ1n) is 10.9. The molecule has 1 aliphatic rings. The molecule has 1 aromatic carbocycles. The molecule has 1 heterocycles. The number of rotatable bonds is 12. The molecule has 1 fully saturated rings. The smallest absolute Gasteiger partial charge is 0.417 e. The number of hydrogen-bond acceptors (Lipinski definition) is 3. The van der Waals surface area contributed by atoms with Gasteiger partial charge in [-0.05, 0) is 24.6 Å². The van der Waals surface area contributed by atoms with Crippen molar-refractivity contribution in [3.05, 3.63) is 60.0 Å². The zero-order valence-electron chi connectivity index (χ0n) is 18.3. The van der Waals surface area contributed by atoms with E-state index in [-0.39, 0.29) is 19.4 Å². The number of carbonyl (C=O) groups excluding carboxylic acids is 1. The topological polar surface area (TPSA) is 38.8 Å². The van der Waals surface area contributed by atoms with Crippen LogP contribution in [0.5, 0.6) is 0 Å². The number of benzene rings is 1. The average Bonchev–Trinajstić information content (AvgIpc) is 3.09. The minimum atomic E-state index is -4.62. The zero-order valence-corrected chi connectivity index (χ0v) is 18.3. The molecule has 1 aliphatic heterocycles. The third-order valence-corrected chi connectivity index (χ3v) is 5.22. The summed E-state index contributed by atoms with van der Waals surface area (Å²) in [5.41, 5.74) is -0.108. The quantitative estimate of drug-likeness (QED) is 0.210. The fourth-order valence-electron chi connectivity index (χ4n) is 3.45. The van der Waals surface area contributed by atoms with Crippen LogP contribution in [0.4, 0.5) is 18.0 Å². The van der Waals surface area contributed by atoms with Crippen LogP contribution in [0.25, 0.3) is 0 Å². The SMILES string of the molecule is C=C(/C=C(\OB(CCCC)CCCC)N1C(=O)OC[C@@H]1Cc1ccccc1)C(F)(F)F. The predicted octanol–water partition coefficient (Wildman–Crippen LogP) is 6.62. The third kappa shape index (κ3) is 7.67. The Morgan fingerprint density at radius 3 is 2.39 bits per heavy atom. The highest BCUT2D eigenvalue weighted by Crippen LogP contribution is 2.30. The predicted molar refractivity (Wildman–Crippen MR) is 117 cm³/mol. The molecule has 1 saturated heterocycles. The van der Waals surface area contributed by atoms with Crippen molar-refractivity contribution in [1.82, 2.24) is 4.90 Å². The van der Waals surface area contributed by atoms with E-state index in [2.05, 4.69) is 6.58 Å². The van der Waals surface area contributed by atoms with Crippen molar-refractivity contribution in [3.63, 3.8) is 0 Å². The van der Waals surface area contributed by atoms with E-state index in [1.807, 2.05) is 44.2 Å². The molecule has 1 aromatic rings. The van der Waals surface area contributed by atoms with Crippen LogP contribution >= 0.6 is 0 Å². The number of nitrogens with zero attached hydrogens (tertiary/aromatic N) is 1. The molecule has 0 aromatic heterocycles. The minimum Gasteiger partial charge on any atom is -0.549 e. The van der Waals surface area contributed by atoms with E-state index < -0.39 is 23.9 Å². The molecule has 0 unspecified atom stereocenters. The molecule has 0 radical (unpaired) electrons. The van der Waals surface area contributed by atoms with Gasteiger partial charge in [0.25, 0.3) is 0 Å². The molecule has 31 heavy (non-hydrogen) atoms. The Morgan fingerprint density at radius 2 is 1.84 bits per heavy atom.